The molecule has 0 saturated heterocycles. The lowest BCUT2D eigenvalue weighted by molar-refractivity contribution is 0.935. The third-order valence-corrected chi connectivity index (χ3v) is 1.30. The van der Waals surface area contributed by atoms with E-state index in [0.717, 1.165) is 0 Å². The highest BCUT2D eigenvalue weighted by Crippen LogP contribution is 2.08. The van der Waals surface area contributed by atoms with E-state index < -0.39 is 0 Å². The molecule has 55 valence electrons. The minimum atomic E-state index is 0.212. The molecule has 6 nitrogen and oxygen atoms in total. The van der Waals surface area contributed by atoms with Gasteiger partial charge in [-0.05, 0) is 6.07 Å². The molecule has 0 spiro atoms. The van der Waals surface area contributed by atoms with Gasteiger partial charge in [-0.2, -0.15) is 9.61 Å². The number of fused-ring (bicyclic) bond motifs is 1. The zero-order chi connectivity index (χ0) is 7.84. The second-order valence-electron chi connectivity index (χ2n) is 2.02. The summed E-state index contributed by atoms with van der Waals surface area (Å²) in [6.07, 6.45) is 2.56. The van der Waals surface area contributed by atoms with Crippen molar-refractivity contribution in [1.29, 1.82) is 0 Å². The third-order valence-electron chi connectivity index (χ3n) is 1.30. The van der Waals surface area contributed by atoms with E-state index in [1.165, 1.54) is 10.6 Å². The first kappa shape index (κ1) is 5.90. The largest absolute Gasteiger partial charge is 0.396 e. The summed E-state index contributed by atoms with van der Waals surface area (Å²) in [5, 5.41) is 11.0. The zero-order valence-electron chi connectivity index (χ0n) is 5.52. The summed E-state index contributed by atoms with van der Waals surface area (Å²) < 4.78 is 1.33. The Morgan fingerprint density at radius 3 is 2.91 bits per heavy atom. The van der Waals surface area contributed by atoms with Crippen molar-refractivity contribution in [3.63, 3.8) is 0 Å². The van der Waals surface area contributed by atoms with Gasteiger partial charge in [0.25, 0.3) is 0 Å². The molecule has 2 aromatic heterocycles. The Labute approximate surface area is 61.8 Å². The molecule has 6 heteroatoms. The number of aromatic nitrogens is 4. The molecule has 2 rings (SSSR count). The highest BCUT2D eigenvalue weighted by molar-refractivity contribution is 5.63. The van der Waals surface area contributed by atoms with E-state index in [1.807, 2.05) is 0 Å². The van der Waals surface area contributed by atoms with Crippen LogP contribution >= 0.6 is 0 Å². The topological polar surface area (TPSA) is 95.1 Å². The Morgan fingerprint density at radius 1 is 1.36 bits per heavy atom. The Balaban J connectivity index is 2.94. The van der Waals surface area contributed by atoms with Crippen molar-refractivity contribution < 1.29 is 0 Å². The van der Waals surface area contributed by atoms with Gasteiger partial charge < -0.3 is 11.5 Å². The van der Waals surface area contributed by atoms with Crippen molar-refractivity contribution in [2.24, 2.45) is 0 Å². The van der Waals surface area contributed by atoms with Gasteiger partial charge in [0, 0.05) is 0 Å². The van der Waals surface area contributed by atoms with E-state index in [0.29, 0.717) is 11.3 Å². The second kappa shape index (κ2) is 1.82. The van der Waals surface area contributed by atoms with Crippen molar-refractivity contribution in [3.8, 4) is 0 Å². The van der Waals surface area contributed by atoms with E-state index in [-0.39, 0.29) is 5.95 Å². The van der Waals surface area contributed by atoms with E-state index in [4.69, 9.17) is 11.5 Å². The summed E-state index contributed by atoms with van der Waals surface area (Å²) in [5.41, 5.74) is 11.8. The normalized spacial score (nSPS) is 10.5. The van der Waals surface area contributed by atoms with Gasteiger partial charge in [-0.15, -0.1) is 10.2 Å². The van der Waals surface area contributed by atoms with Crippen LogP contribution in [0.3, 0.4) is 0 Å². The first-order valence-corrected chi connectivity index (χ1v) is 2.92. The van der Waals surface area contributed by atoms with Crippen LogP contribution in [0, 0.1) is 6.20 Å². The van der Waals surface area contributed by atoms with Gasteiger partial charge in [-0.1, -0.05) is 0 Å². The smallest absolute Gasteiger partial charge is 0.243 e. The van der Waals surface area contributed by atoms with Gasteiger partial charge in [0.05, 0.1) is 5.69 Å². The van der Waals surface area contributed by atoms with Crippen molar-refractivity contribution in [2.75, 3.05) is 11.5 Å². The average molecular weight is 149 g/mol. The summed E-state index contributed by atoms with van der Waals surface area (Å²) in [5.74, 6) is 0.212. The summed E-state index contributed by atoms with van der Waals surface area (Å²) >= 11 is 0. The molecular weight excluding hydrogens is 144 g/mol. The van der Waals surface area contributed by atoms with Gasteiger partial charge in [-0.25, -0.2) is 0 Å². The highest BCUT2D eigenvalue weighted by Gasteiger charge is 2.03. The molecule has 0 atom stereocenters. The maximum absolute atomic E-state index is 5.52. The van der Waals surface area contributed by atoms with Gasteiger partial charge in [0.1, 0.15) is 6.20 Å². The fourth-order valence-electron chi connectivity index (χ4n) is 0.791. The number of nitrogen functional groups attached to an aromatic ring is 2. The molecule has 0 unspecified atom stereocenters. The molecule has 11 heavy (non-hydrogen) atoms. The van der Waals surface area contributed by atoms with Crippen LogP contribution in [-0.4, -0.2) is 19.8 Å². The summed E-state index contributed by atoms with van der Waals surface area (Å²) in [7, 11) is 0. The van der Waals surface area contributed by atoms with Gasteiger partial charge in [0.2, 0.25) is 11.6 Å². The molecule has 2 heterocycles. The van der Waals surface area contributed by atoms with Crippen molar-refractivity contribution in [1.82, 2.24) is 19.8 Å². The van der Waals surface area contributed by atoms with Gasteiger partial charge >= 0.3 is 0 Å². The quantitative estimate of drug-likeness (QED) is 0.505. The van der Waals surface area contributed by atoms with Crippen LogP contribution in [-0.2, 0) is 0 Å². The average Bonchev–Trinajstić information content (AvgIpc) is 2.35. The summed E-state index contributed by atoms with van der Waals surface area (Å²) in [6, 6.07) is 1.52. The van der Waals surface area contributed by atoms with Crippen molar-refractivity contribution in [2.45, 2.75) is 0 Å². The highest BCUT2D eigenvalue weighted by atomic mass is 15.4. The van der Waals surface area contributed by atoms with Crippen molar-refractivity contribution in [3.05, 3.63) is 12.3 Å². The monoisotopic (exact) mass is 149 g/mol. The lowest BCUT2D eigenvalue weighted by Gasteiger charge is -1.92. The standard InChI is InChI=1S/C5H5N6/c6-3-1-2-8-11-4(3)9-10-5(11)7/h1H,6H2,(H2,7,10). The minimum absolute atomic E-state index is 0.212. The molecule has 0 bridgehead atoms. The third kappa shape index (κ3) is 0.689. The zero-order valence-corrected chi connectivity index (χ0v) is 5.52. The van der Waals surface area contributed by atoms with E-state index in [9.17, 15) is 0 Å². The fraction of sp³-hybridized carbons (Fsp3) is 0. The summed E-state index contributed by atoms with van der Waals surface area (Å²) in [6.45, 7) is 0. The number of hydrogen-bond acceptors (Lipinski definition) is 5. The SMILES string of the molecule is Nc1c[c]nn2c(N)nnc12. The Hall–Kier alpha value is -1.85. The van der Waals surface area contributed by atoms with Crippen LogP contribution in [0.25, 0.3) is 5.65 Å². The number of anilines is 2. The molecule has 0 aliphatic rings. The Bertz CT molecular complexity index is 391. The number of rotatable bonds is 0. The number of hydrogen-bond donors (Lipinski definition) is 2. The molecule has 0 amide bonds. The lowest BCUT2D eigenvalue weighted by Crippen LogP contribution is -1.99. The molecule has 0 aromatic carbocycles. The van der Waals surface area contributed by atoms with Crippen LogP contribution < -0.4 is 11.5 Å². The van der Waals surface area contributed by atoms with Crippen molar-refractivity contribution >= 4 is 17.3 Å². The Morgan fingerprint density at radius 2 is 2.18 bits per heavy atom. The molecular formula is C5H5N6. The molecule has 0 aliphatic carbocycles. The minimum Gasteiger partial charge on any atom is -0.396 e. The van der Waals surface area contributed by atoms with Gasteiger partial charge in [0.15, 0.2) is 0 Å². The predicted molar refractivity (Wildman–Crippen MR) is 38.4 cm³/mol. The lowest BCUT2D eigenvalue weighted by atomic mass is 10.5. The molecule has 0 aliphatic heterocycles. The molecule has 0 saturated carbocycles. The van der Waals surface area contributed by atoms with Crippen LogP contribution in [0.1, 0.15) is 0 Å². The van der Waals surface area contributed by atoms with Crippen LogP contribution in [0.4, 0.5) is 11.6 Å². The van der Waals surface area contributed by atoms with Crippen LogP contribution in [0.5, 0.6) is 0 Å². The maximum atomic E-state index is 5.52. The molecule has 4 N–H and O–H groups in total. The number of nitrogens with zero attached hydrogens (tertiary/aromatic N) is 4. The van der Waals surface area contributed by atoms with Crippen LogP contribution in [0.15, 0.2) is 6.07 Å². The maximum Gasteiger partial charge on any atom is 0.243 e. The van der Waals surface area contributed by atoms with Gasteiger partial charge in [-0.3, -0.25) is 0 Å². The first-order chi connectivity index (χ1) is 5.29. The molecule has 1 radical (unpaired) electrons. The summed E-state index contributed by atoms with van der Waals surface area (Å²) in [4.78, 5) is 0. The number of nitrogens with two attached hydrogens (primary N) is 2. The van der Waals surface area contributed by atoms with E-state index >= 15 is 0 Å². The predicted octanol–water partition coefficient (Wildman–Crippen LogP) is -0.911. The van der Waals surface area contributed by atoms with E-state index in [2.05, 4.69) is 21.5 Å². The first-order valence-electron chi connectivity index (χ1n) is 2.92. The Kier molecular flexibility index (Phi) is 0.974. The molecule has 2 aromatic rings. The van der Waals surface area contributed by atoms with Crippen LogP contribution in [0.2, 0.25) is 0 Å². The molecule has 0 fully saturated rings. The van der Waals surface area contributed by atoms with E-state index in [1.54, 1.807) is 0 Å². The fourth-order valence-corrected chi connectivity index (χ4v) is 0.791. The second-order valence-corrected chi connectivity index (χ2v) is 2.02.